The highest BCUT2D eigenvalue weighted by Crippen LogP contribution is 2.44. The lowest BCUT2D eigenvalue weighted by Gasteiger charge is -2.18. The summed E-state index contributed by atoms with van der Waals surface area (Å²) in [5.74, 6) is -0.0700. The van der Waals surface area contributed by atoms with Gasteiger partial charge in [-0.2, -0.15) is 0 Å². The van der Waals surface area contributed by atoms with Gasteiger partial charge in [-0.1, -0.05) is 29.5 Å². The Morgan fingerprint density at radius 2 is 1.04 bits per heavy atom. The number of unbranched alkanes of at least 4 members (excludes halogenated alkanes) is 1. The van der Waals surface area contributed by atoms with Gasteiger partial charge in [-0.3, -0.25) is 36.9 Å². The lowest BCUT2D eigenvalue weighted by molar-refractivity contribution is -0.00462. The summed E-state index contributed by atoms with van der Waals surface area (Å²) in [6.45, 7) is 15.9. The number of nitrogens with one attached hydrogen (secondary N) is 1. The van der Waals surface area contributed by atoms with Gasteiger partial charge in [0.05, 0.1) is 91.3 Å². The van der Waals surface area contributed by atoms with Crippen LogP contribution in [0.15, 0.2) is 30.7 Å². The van der Waals surface area contributed by atoms with Gasteiger partial charge in [-0.15, -0.1) is 15.3 Å². The number of carbonyl (C=O) groups is 1. The molecule has 4 N–H and O–H groups in total. The van der Waals surface area contributed by atoms with E-state index >= 15 is 0 Å². The van der Waals surface area contributed by atoms with Crippen molar-refractivity contribution in [2.24, 2.45) is 5.92 Å². The van der Waals surface area contributed by atoms with E-state index in [0.29, 0.717) is 115 Å². The first kappa shape index (κ1) is 66.6. The highest BCUT2D eigenvalue weighted by atomic mass is 31.2. The van der Waals surface area contributed by atoms with Crippen LogP contribution in [-0.2, 0) is 90.4 Å². The Labute approximate surface area is 439 Å². The highest BCUT2D eigenvalue weighted by molar-refractivity contribution is 7.47. The summed E-state index contributed by atoms with van der Waals surface area (Å²) < 4.78 is 91.2. The fourth-order valence-corrected chi connectivity index (χ4v) is 7.13. The van der Waals surface area contributed by atoms with E-state index < -0.39 is 21.6 Å². The number of phosphoric ester groups is 2. The van der Waals surface area contributed by atoms with Crippen molar-refractivity contribution in [2.45, 2.75) is 101 Å². The molecule has 28 nitrogen and oxygen atoms in total. The third-order valence-corrected chi connectivity index (χ3v) is 11.9. The molecule has 0 spiro atoms. The second kappa shape index (κ2) is 38.9. The molecule has 3 atom stereocenters. The molecule has 0 saturated carbocycles. The minimum atomic E-state index is -4.27. The number of benzene rings is 1. The molecule has 75 heavy (non-hydrogen) atoms. The molecule has 3 aromatic heterocycles. The van der Waals surface area contributed by atoms with Crippen LogP contribution in [0.5, 0.6) is 17.2 Å². The van der Waals surface area contributed by atoms with Crippen LogP contribution in [0, 0.1) is 5.92 Å². The van der Waals surface area contributed by atoms with Crippen molar-refractivity contribution in [2.75, 3.05) is 106 Å². The van der Waals surface area contributed by atoms with E-state index in [-0.39, 0.29) is 95.6 Å². The van der Waals surface area contributed by atoms with E-state index in [1.165, 1.54) is 0 Å². The summed E-state index contributed by atoms with van der Waals surface area (Å²) in [6.07, 6.45) is 6.96. The second-order valence-electron chi connectivity index (χ2n) is 15.5. The lowest BCUT2D eigenvalue weighted by Crippen LogP contribution is -2.25. The molecule has 0 bridgehead atoms. The van der Waals surface area contributed by atoms with E-state index in [0.717, 1.165) is 7.11 Å². The van der Waals surface area contributed by atoms with Gasteiger partial charge < -0.3 is 58.1 Å². The van der Waals surface area contributed by atoms with Crippen LogP contribution in [-0.4, -0.2) is 172 Å². The Morgan fingerprint density at radius 1 is 0.613 bits per heavy atom. The first-order valence-electron chi connectivity index (χ1n) is 24.4. The Morgan fingerprint density at radius 3 is 1.47 bits per heavy atom. The van der Waals surface area contributed by atoms with Crippen molar-refractivity contribution < 1.29 is 84.8 Å². The number of rotatable bonds is 42. The van der Waals surface area contributed by atoms with Crippen molar-refractivity contribution in [3.05, 3.63) is 53.4 Å². The van der Waals surface area contributed by atoms with Crippen molar-refractivity contribution in [1.82, 2.24) is 50.3 Å². The molecule has 0 saturated heterocycles. The average molecular weight is 1110 g/mol. The third kappa shape index (κ3) is 28.4. The zero-order chi connectivity index (χ0) is 53.9. The number of hydrogen-bond donors (Lipinski definition) is 4. The Kier molecular flexibility index (Phi) is 34.6. The first-order chi connectivity index (χ1) is 35.8. The lowest BCUT2D eigenvalue weighted by atomic mass is 10.0. The molecule has 0 aliphatic rings. The zero-order valence-corrected chi connectivity index (χ0v) is 45.1. The molecule has 4 aromatic rings. The smallest absolute Gasteiger partial charge is 0.472 e. The number of carbonyl (C=O) groups excluding carboxylic acids is 1. The van der Waals surface area contributed by atoms with Gasteiger partial charge in [-0.05, 0) is 59.6 Å². The van der Waals surface area contributed by atoms with Gasteiger partial charge in [0.2, 0.25) is 5.75 Å². The van der Waals surface area contributed by atoms with E-state index in [1.54, 1.807) is 51.7 Å². The van der Waals surface area contributed by atoms with E-state index in [1.807, 2.05) is 27.7 Å². The summed E-state index contributed by atoms with van der Waals surface area (Å²) in [6, 6.07) is 3.14. The molecule has 3 heterocycles. The minimum Gasteiger partial charge on any atom is -0.483 e. The molecule has 1 amide bonds. The summed E-state index contributed by atoms with van der Waals surface area (Å²) in [4.78, 5) is 32.3. The molecular weight excluding hydrogens is 1030 g/mol. The van der Waals surface area contributed by atoms with E-state index in [4.69, 9.17) is 51.8 Å². The van der Waals surface area contributed by atoms with Gasteiger partial charge in [0.25, 0.3) is 5.91 Å². The predicted molar refractivity (Wildman–Crippen MR) is 270 cm³/mol. The normalized spacial score (nSPS) is 13.2. The standard InChI is InChI=1S/C33H51N10O10P.C11H25O8P.CH4/c1-5-41-17-27(35-38-41)22-49-30-15-26(33(45)34-12-10-9-11-25(20-44)21-53-54(46,47)52-14-13-48-8-4)16-31(50-23-28-18-42(6-2)39-36-28)32(30)51-24-29-19-43(7-3)40-37-29;1-3-15-4-5-16-6-7-17-8-9-18-10-11-19-20(12,13)14-2;/h15-19,25,44H,5-14,20-24H2,1-4H3,(H,34,45)(H,46,47);3-11H2,1-2H3,(H,12,13);1H4. The molecule has 1 aromatic carbocycles. The third-order valence-electron chi connectivity index (χ3n) is 9.90. The quantitative estimate of drug-likeness (QED) is 0.0353. The molecule has 4 rings (SSSR count). The number of phosphoric acid groups is 2. The fourth-order valence-electron chi connectivity index (χ4n) is 5.94. The monoisotopic (exact) mass is 1110 g/mol. The minimum absolute atomic E-state index is 0. The van der Waals surface area contributed by atoms with Gasteiger partial charge in [0, 0.05) is 64.6 Å². The molecule has 0 fully saturated rings. The second-order valence-corrected chi connectivity index (χ2v) is 18.5. The van der Waals surface area contributed by atoms with Gasteiger partial charge in [0.1, 0.15) is 36.9 Å². The number of aliphatic hydroxyl groups excluding tert-OH is 1. The van der Waals surface area contributed by atoms with E-state index in [9.17, 15) is 23.9 Å². The van der Waals surface area contributed by atoms with Crippen molar-refractivity contribution >= 4 is 21.6 Å². The number of amides is 1. The average Bonchev–Trinajstić information content (AvgIpc) is 4.20. The maximum absolute atomic E-state index is 13.5. The Hall–Kier alpha value is -4.51. The van der Waals surface area contributed by atoms with E-state index in [2.05, 4.69) is 45.3 Å². The number of aromatic nitrogens is 9. The summed E-state index contributed by atoms with van der Waals surface area (Å²) >= 11 is 0. The van der Waals surface area contributed by atoms with Crippen LogP contribution < -0.4 is 19.5 Å². The number of aryl methyl sites for hydroxylation is 3. The number of hydrogen-bond acceptors (Lipinski definition) is 22. The Bertz CT molecular complexity index is 2150. The first-order valence-corrected chi connectivity index (χ1v) is 27.4. The summed E-state index contributed by atoms with van der Waals surface area (Å²) in [5, 5.41) is 37.4. The van der Waals surface area contributed by atoms with Crippen LogP contribution in [0.25, 0.3) is 0 Å². The number of nitrogens with zero attached hydrogens (tertiary/aromatic N) is 9. The van der Waals surface area contributed by atoms with Crippen LogP contribution in [0.3, 0.4) is 0 Å². The molecule has 3 unspecified atom stereocenters. The van der Waals surface area contributed by atoms with Crippen LogP contribution in [0.2, 0.25) is 0 Å². The molecule has 0 aliphatic heterocycles. The maximum Gasteiger partial charge on any atom is 0.472 e. The van der Waals surface area contributed by atoms with Gasteiger partial charge >= 0.3 is 15.6 Å². The van der Waals surface area contributed by atoms with Gasteiger partial charge in [0.15, 0.2) is 11.5 Å². The van der Waals surface area contributed by atoms with Gasteiger partial charge in [-0.25, -0.2) is 9.13 Å². The molecular formula is C45H80N10O18P2. The number of aliphatic hydroxyl groups is 1. The predicted octanol–water partition coefficient (Wildman–Crippen LogP) is 4.41. The molecule has 428 valence electrons. The van der Waals surface area contributed by atoms with Crippen LogP contribution in [0.1, 0.15) is 88.7 Å². The Balaban J connectivity index is 0.000000775. The SMILES string of the molecule is C.CCOCCOCCOCCOCCOP(=O)(O)OC.CCOCCOP(=O)(O)OCC(CO)CCCCNC(=O)c1cc(OCc2cn(CC)nn2)c(OCc2cn(CC)nn2)c(OCc2cn(CC)nn2)c1. The fraction of sp³-hybridized carbons (Fsp3) is 0.711. The summed E-state index contributed by atoms with van der Waals surface area (Å²) in [7, 11) is -7.06. The van der Waals surface area contributed by atoms with Crippen molar-refractivity contribution in [3.8, 4) is 17.2 Å². The zero-order valence-electron chi connectivity index (χ0n) is 43.3. The number of ether oxygens (including phenoxy) is 8. The maximum atomic E-state index is 13.5. The van der Waals surface area contributed by atoms with Crippen molar-refractivity contribution in [3.63, 3.8) is 0 Å². The molecule has 30 heteroatoms. The highest BCUT2D eigenvalue weighted by Gasteiger charge is 2.24. The topological polar surface area (TPSA) is 327 Å². The molecule has 0 radical (unpaired) electrons. The van der Waals surface area contributed by atoms with Crippen LogP contribution in [0.4, 0.5) is 0 Å². The largest absolute Gasteiger partial charge is 0.483 e. The van der Waals surface area contributed by atoms with Crippen LogP contribution >= 0.6 is 15.6 Å². The summed E-state index contributed by atoms with van der Waals surface area (Å²) in [5.41, 5.74) is 1.98. The van der Waals surface area contributed by atoms with Crippen molar-refractivity contribution in [1.29, 1.82) is 0 Å². The molecule has 0 aliphatic carbocycles.